The van der Waals surface area contributed by atoms with Crippen LogP contribution >= 0.6 is 0 Å². The summed E-state index contributed by atoms with van der Waals surface area (Å²) < 4.78 is 10.7. The van der Waals surface area contributed by atoms with Gasteiger partial charge in [-0.05, 0) is 48.4 Å². The molecule has 0 fully saturated rings. The topological polar surface area (TPSA) is 18.5 Å². The van der Waals surface area contributed by atoms with Crippen LogP contribution < -0.4 is 9.47 Å². The molecule has 0 N–H and O–H groups in total. The Morgan fingerprint density at radius 3 is 2.39 bits per heavy atom. The molecule has 0 bridgehead atoms. The highest BCUT2D eigenvalue weighted by Gasteiger charge is 2.15. The first-order valence-corrected chi connectivity index (χ1v) is 6.73. The SMILES string of the molecule is CCC(C)(C)CCCc1cc(OC)ccc1OC. The predicted molar refractivity (Wildman–Crippen MR) is 76.6 cm³/mol. The molecular formula is C16H26O2. The van der Waals surface area contributed by atoms with Crippen molar-refractivity contribution in [1.82, 2.24) is 0 Å². The first-order chi connectivity index (χ1) is 8.52. The summed E-state index contributed by atoms with van der Waals surface area (Å²) in [5.41, 5.74) is 1.68. The molecule has 0 unspecified atom stereocenters. The zero-order valence-corrected chi connectivity index (χ0v) is 12.4. The second kappa shape index (κ2) is 6.67. The Balaban J connectivity index is 2.65. The Labute approximate surface area is 111 Å². The van der Waals surface area contributed by atoms with Gasteiger partial charge in [0.1, 0.15) is 11.5 Å². The largest absolute Gasteiger partial charge is 0.497 e. The molecule has 0 aliphatic carbocycles. The monoisotopic (exact) mass is 250 g/mol. The number of aryl methyl sites for hydroxylation is 1. The summed E-state index contributed by atoms with van der Waals surface area (Å²) in [5.74, 6) is 1.87. The second-order valence-electron chi connectivity index (χ2n) is 5.55. The van der Waals surface area contributed by atoms with E-state index in [4.69, 9.17) is 9.47 Å². The van der Waals surface area contributed by atoms with Gasteiger partial charge in [0.2, 0.25) is 0 Å². The van der Waals surface area contributed by atoms with Gasteiger partial charge >= 0.3 is 0 Å². The third-order valence-corrected chi connectivity index (χ3v) is 3.74. The van der Waals surface area contributed by atoms with E-state index >= 15 is 0 Å². The summed E-state index contributed by atoms with van der Waals surface area (Å²) in [6.07, 6.45) is 4.69. The van der Waals surface area contributed by atoms with Crippen LogP contribution in [0.25, 0.3) is 0 Å². The summed E-state index contributed by atoms with van der Waals surface area (Å²) in [5, 5.41) is 0. The Morgan fingerprint density at radius 1 is 1.11 bits per heavy atom. The fourth-order valence-electron chi connectivity index (χ4n) is 2.01. The van der Waals surface area contributed by atoms with Crippen molar-refractivity contribution < 1.29 is 9.47 Å². The Morgan fingerprint density at radius 2 is 1.83 bits per heavy atom. The number of hydrogen-bond acceptors (Lipinski definition) is 2. The van der Waals surface area contributed by atoms with E-state index in [1.54, 1.807) is 14.2 Å². The van der Waals surface area contributed by atoms with Gasteiger partial charge in [0, 0.05) is 0 Å². The molecular weight excluding hydrogens is 224 g/mol. The van der Waals surface area contributed by atoms with Crippen LogP contribution in [0.2, 0.25) is 0 Å². The fraction of sp³-hybridized carbons (Fsp3) is 0.625. The first-order valence-electron chi connectivity index (χ1n) is 6.73. The van der Waals surface area contributed by atoms with E-state index in [2.05, 4.69) is 26.8 Å². The zero-order valence-electron chi connectivity index (χ0n) is 12.4. The van der Waals surface area contributed by atoms with Crippen molar-refractivity contribution in [3.63, 3.8) is 0 Å². The standard InChI is InChI=1S/C16H26O2/c1-6-16(2,3)11-7-8-13-12-14(17-4)9-10-15(13)18-5/h9-10,12H,6-8,11H2,1-5H3. The maximum atomic E-state index is 5.40. The molecule has 102 valence electrons. The smallest absolute Gasteiger partial charge is 0.122 e. The number of benzene rings is 1. The Kier molecular flexibility index (Phi) is 5.52. The van der Waals surface area contributed by atoms with Crippen LogP contribution in [-0.4, -0.2) is 14.2 Å². The van der Waals surface area contributed by atoms with E-state index in [0.29, 0.717) is 5.41 Å². The van der Waals surface area contributed by atoms with Crippen molar-refractivity contribution in [3.05, 3.63) is 23.8 Å². The molecule has 1 aromatic carbocycles. The van der Waals surface area contributed by atoms with Gasteiger partial charge in [0.15, 0.2) is 0 Å². The van der Waals surface area contributed by atoms with Crippen molar-refractivity contribution in [3.8, 4) is 11.5 Å². The van der Waals surface area contributed by atoms with E-state index in [-0.39, 0.29) is 0 Å². The maximum absolute atomic E-state index is 5.40. The fourth-order valence-corrected chi connectivity index (χ4v) is 2.01. The quantitative estimate of drug-likeness (QED) is 0.711. The lowest BCUT2D eigenvalue weighted by Gasteiger charge is -2.22. The lowest BCUT2D eigenvalue weighted by Crippen LogP contribution is -2.09. The molecule has 2 heteroatoms. The van der Waals surface area contributed by atoms with Crippen molar-refractivity contribution in [2.75, 3.05) is 14.2 Å². The van der Waals surface area contributed by atoms with Gasteiger partial charge in [-0.15, -0.1) is 0 Å². The average molecular weight is 250 g/mol. The minimum atomic E-state index is 0.437. The molecule has 0 aromatic heterocycles. The molecule has 0 radical (unpaired) electrons. The molecule has 0 aliphatic heterocycles. The summed E-state index contributed by atoms with van der Waals surface area (Å²) >= 11 is 0. The molecule has 1 rings (SSSR count). The third-order valence-electron chi connectivity index (χ3n) is 3.74. The van der Waals surface area contributed by atoms with Crippen molar-refractivity contribution in [2.45, 2.75) is 46.5 Å². The van der Waals surface area contributed by atoms with E-state index in [0.717, 1.165) is 17.9 Å². The van der Waals surface area contributed by atoms with Crippen LogP contribution in [-0.2, 0) is 6.42 Å². The van der Waals surface area contributed by atoms with Crippen LogP contribution in [0.15, 0.2) is 18.2 Å². The van der Waals surface area contributed by atoms with E-state index in [1.165, 1.54) is 24.8 Å². The molecule has 0 amide bonds. The molecule has 2 nitrogen and oxygen atoms in total. The molecule has 0 heterocycles. The third kappa shape index (κ3) is 4.25. The van der Waals surface area contributed by atoms with Crippen molar-refractivity contribution >= 4 is 0 Å². The molecule has 0 aliphatic rings. The lowest BCUT2D eigenvalue weighted by molar-refractivity contribution is 0.312. The number of methoxy groups -OCH3 is 2. The van der Waals surface area contributed by atoms with Crippen LogP contribution in [0.1, 0.15) is 45.6 Å². The normalized spacial score (nSPS) is 11.4. The van der Waals surface area contributed by atoms with Crippen molar-refractivity contribution in [2.24, 2.45) is 5.41 Å². The number of rotatable bonds is 7. The molecule has 0 saturated heterocycles. The van der Waals surface area contributed by atoms with Gasteiger partial charge in [-0.2, -0.15) is 0 Å². The van der Waals surface area contributed by atoms with Crippen molar-refractivity contribution in [1.29, 1.82) is 0 Å². The lowest BCUT2D eigenvalue weighted by atomic mass is 9.84. The Bertz CT molecular complexity index is 369. The summed E-state index contributed by atoms with van der Waals surface area (Å²) in [4.78, 5) is 0. The highest BCUT2D eigenvalue weighted by atomic mass is 16.5. The van der Waals surface area contributed by atoms with Crippen LogP contribution in [0.5, 0.6) is 11.5 Å². The molecule has 1 aromatic rings. The van der Waals surface area contributed by atoms with E-state index in [9.17, 15) is 0 Å². The van der Waals surface area contributed by atoms with Gasteiger partial charge < -0.3 is 9.47 Å². The molecule has 0 spiro atoms. The minimum absolute atomic E-state index is 0.437. The summed E-state index contributed by atoms with van der Waals surface area (Å²) in [6, 6.07) is 6.01. The molecule has 18 heavy (non-hydrogen) atoms. The van der Waals surface area contributed by atoms with E-state index < -0.39 is 0 Å². The second-order valence-corrected chi connectivity index (χ2v) is 5.55. The Hall–Kier alpha value is -1.18. The van der Waals surface area contributed by atoms with Crippen LogP contribution in [0.4, 0.5) is 0 Å². The zero-order chi connectivity index (χ0) is 13.6. The molecule has 0 atom stereocenters. The maximum Gasteiger partial charge on any atom is 0.122 e. The van der Waals surface area contributed by atoms with Gasteiger partial charge in [-0.1, -0.05) is 27.2 Å². The van der Waals surface area contributed by atoms with Gasteiger partial charge in [-0.25, -0.2) is 0 Å². The van der Waals surface area contributed by atoms with Crippen LogP contribution in [0.3, 0.4) is 0 Å². The van der Waals surface area contributed by atoms with Gasteiger partial charge in [-0.3, -0.25) is 0 Å². The summed E-state index contributed by atoms with van der Waals surface area (Å²) in [7, 11) is 3.42. The molecule has 0 saturated carbocycles. The van der Waals surface area contributed by atoms with Crippen LogP contribution in [0, 0.1) is 5.41 Å². The number of ether oxygens (including phenoxy) is 2. The summed E-state index contributed by atoms with van der Waals surface area (Å²) in [6.45, 7) is 6.91. The van der Waals surface area contributed by atoms with Gasteiger partial charge in [0.25, 0.3) is 0 Å². The number of hydrogen-bond donors (Lipinski definition) is 0. The average Bonchev–Trinajstić information content (AvgIpc) is 2.38. The van der Waals surface area contributed by atoms with Gasteiger partial charge in [0.05, 0.1) is 14.2 Å². The minimum Gasteiger partial charge on any atom is -0.497 e. The highest BCUT2D eigenvalue weighted by molar-refractivity contribution is 5.40. The van der Waals surface area contributed by atoms with E-state index in [1.807, 2.05) is 12.1 Å². The first kappa shape index (κ1) is 14.9. The highest BCUT2D eigenvalue weighted by Crippen LogP contribution is 2.30. The predicted octanol–water partition coefficient (Wildman–Crippen LogP) is 4.46.